The maximum atomic E-state index is 12.6. The molecule has 0 aliphatic heterocycles. The minimum absolute atomic E-state index is 0.0203. The van der Waals surface area contributed by atoms with Gasteiger partial charge in [0.15, 0.2) is 0 Å². The highest BCUT2D eigenvalue weighted by Gasteiger charge is 2.30. The van der Waals surface area contributed by atoms with Gasteiger partial charge in [0.05, 0.1) is 5.56 Å². The van der Waals surface area contributed by atoms with Crippen molar-refractivity contribution in [2.24, 2.45) is 0 Å². The van der Waals surface area contributed by atoms with Crippen LogP contribution < -0.4 is 5.32 Å². The highest BCUT2D eigenvalue weighted by atomic mass is 19.4. The average molecular weight is 297 g/mol. The Morgan fingerprint density at radius 2 is 2.14 bits per heavy atom. The van der Waals surface area contributed by atoms with Gasteiger partial charge in [-0.15, -0.1) is 5.10 Å². The minimum Gasteiger partial charge on any atom is -0.288 e. The quantitative estimate of drug-likeness (QED) is 0.851. The van der Waals surface area contributed by atoms with E-state index >= 15 is 0 Å². The van der Waals surface area contributed by atoms with Gasteiger partial charge in [-0.2, -0.15) is 18.4 Å². The molecule has 110 valence electrons. The first-order valence-electron chi connectivity index (χ1n) is 5.76. The first-order valence-corrected chi connectivity index (χ1v) is 5.76. The molecule has 2 aromatic rings. The smallest absolute Gasteiger partial charge is 0.288 e. The fourth-order valence-electron chi connectivity index (χ4n) is 1.58. The number of aromatic amines is 1. The first kappa shape index (κ1) is 14.7. The number of carbonyl (C=O) groups excluding carboxylic acids is 1. The van der Waals surface area contributed by atoms with E-state index < -0.39 is 17.6 Å². The number of halogens is 3. The lowest BCUT2D eigenvalue weighted by molar-refractivity contribution is -0.137. The number of hydrogen-bond acceptors (Lipinski definition) is 4. The number of nitrogens with one attached hydrogen (secondary N) is 2. The van der Waals surface area contributed by atoms with Crippen molar-refractivity contribution in [2.75, 3.05) is 5.32 Å². The molecule has 0 bridgehead atoms. The molecule has 0 unspecified atom stereocenters. The molecule has 0 saturated heterocycles. The van der Waals surface area contributed by atoms with Crippen molar-refractivity contribution in [3.63, 3.8) is 0 Å². The lowest BCUT2D eigenvalue weighted by Gasteiger charge is -2.08. The zero-order chi connectivity index (χ0) is 15.5. The molecule has 6 nitrogen and oxygen atoms in total. The lowest BCUT2D eigenvalue weighted by atomic mass is 10.0. The molecular weight excluding hydrogens is 287 g/mol. The number of nitrogens with zero attached hydrogens (tertiary/aromatic N) is 3. The highest BCUT2D eigenvalue weighted by Crippen LogP contribution is 2.30. The van der Waals surface area contributed by atoms with Gasteiger partial charge in [0.25, 0.3) is 11.9 Å². The van der Waals surface area contributed by atoms with E-state index in [1.165, 1.54) is 19.1 Å². The normalized spacial score (nSPS) is 12.3. The molecule has 1 heterocycles. The molecule has 9 heteroatoms. The fraction of sp³-hybridized carbons (Fsp3) is 0.167. The molecule has 0 aliphatic carbocycles. The molecular formula is C12H10F3N5O. The molecule has 0 aliphatic rings. The molecule has 1 amide bonds. The summed E-state index contributed by atoms with van der Waals surface area (Å²) in [6.07, 6.45) is -3.27. The Morgan fingerprint density at radius 1 is 1.38 bits per heavy atom. The summed E-state index contributed by atoms with van der Waals surface area (Å²) in [6.45, 7) is 1.53. The third kappa shape index (κ3) is 3.88. The van der Waals surface area contributed by atoms with Gasteiger partial charge in [0, 0.05) is 6.08 Å². The summed E-state index contributed by atoms with van der Waals surface area (Å²) < 4.78 is 37.9. The van der Waals surface area contributed by atoms with Gasteiger partial charge in [-0.3, -0.25) is 10.1 Å². The van der Waals surface area contributed by atoms with Gasteiger partial charge in [-0.05, 0) is 35.4 Å². The Balaban J connectivity index is 2.17. The number of anilines is 1. The van der Waals surface area contributed by atoms with E-state index in [1.54, 1.807) is 0 Å². The molecule has 1 aromatic heterocycles. The van der Waals surface area contributed by atoms with Crippen molar-refractivity contribution >= 4 is 17.4 Å². The Labute approximate surface area is 117 Å². The monoisotopic (exact) mass is 297 g/mol. The van der Waals surface area contributed by atoms with E-state index in [-0.39, 0.29) is 5.95 Å². The number of carbonyl (C=O) groups is 1. The van der Waals surface area contributed by atoms with Crippen LogP contribution in [0.2, 0.25) is 0 Å². The number of H-pyrrole nitrogens is 1. The number of rotatable bonds is 3. The van der Waals surface area contributed by atoms with Crippen molar-refractivity contribution < 1.29 is 18.0 Å². The van der Waals surface area contributed by atoms with Crippen molar-refractivity contribution in [1.82, 2.24) is 20.6 Å². The van der Waals surface area contributed by atoms with Crippen LogP contribution >= 0.6 is 0 Å². The largest absolute Gasteiger partial charge is 0.416 e. The minimum atomic E-state index is -4.43. The number of tetrazole rings is 1. The van der Waals surface area contributed by atoms with E-state index in [4.69, 9.17) is 0 Å². The van der Waals surface area contributed by atoms with E-state index in [1.807, 2.05) is 0 Å². The summed E-state index contributed by atoms with van der Waals surface area (Å²) in [7, 11) is 0. The molecule has 0 spiro atoms. The van der Waals surface area contributed by atoms with Crippen LogP contribution in [0.25, 0.3) is 5.57 Å². The molecule has 0 fully saturated rings. The zero-order valence-corrected chi connectivity index (χ0v) is 10.8. The van der Waals surface area contributed by atoms with E-state index in [0.29, 0.717) is 11.1 Å². The van der Waals surface area contributed by atoms with Crippen LogP contribution in [0.3, 0.4) is 0 Å². The second kappa shape index (κ2) is 5.73. The number of aromatic nitrogens is 4. The van der Waals surface area contributed by atoms with Crippen LogP contribution in [-0.2, 0) is 11.0 Å². The van der Waals surface area contributed by atoms with Gasteiger partial charge in [-0.1, -0.05) is 17.2 Å². The van der Waals surface area contributed by atoms with Crippen molar-refractivity contribution in [3.8, 4) is 0 Å². The van der Waals surface area contributed by atoms with Crippen LogP contribution in [0.5, 0.6) is 0 Å². The summed E-state index contributed by atoms with van der Waals surface area (Å²) in [6, 6.07) is 4.72. The molecule has 0 radical (unpaired) electrons. The second-order valence-electron chi connectivity index (χ2n) is 4.13. The highest BCUT2D eigenvalue weighted by molar-refractivity contribution is 6.02. The molecule has 0 saturated carbocycles. The van der Waals surface area contributed by atoms with Gasteiger partial charge >= 0.3 is 6.18 Å². The predicted octanol–water partition coefficient (Wildman–Crippen LogP) is 2.26. The third-order valence-electron chi connectivity index (χ3n) is 2.57. The fourth-order valence-corrected chi connectivity index (χ4v) is 1.58. The number of alkyl halides is 3. The SMILES string of the molecule is CC(=CC(=O)Nc1nn[nH]n1)c1cccc(C(F)(F)F)c1. The van der Waals surface area contributed by atoms with E-state index in [2.05, 4.69) is 25.9 Å². The summed E-state index contributed by atoms with van der Waals surface area (Å²) in [5.74, 6) is -0.584. The van der Waals surface area contributed by atoms with Crippen LogP contribution in [0.1, 0.15) is 18.1 Å². The molecule has 0 atom stereocenters. The Morgan fingerprint density at radius 3 is 2.76 bits per heavy atom. The van der Waals surface area contributed by atoms with Crippen LogP contribution in [0.4, 0.5) is 19.1 Å². The Bertz CT molecular complexity index is 664. The Kier molecular flexibility index (Phi) is 4.01. The summed E-state index contributed by atoms with van der Waals surface area (Å²) in [4.78, 5) is 11.6. The van der Waals surface area contributed by atoms with Gasteiger partial charge in [-0.25, -0.2) is 0 Å². The molecule has 2 rings (SSSR count). The van der Waals surface area contributed by atoms with Gasteiger partial charge in [0.1, 0.15) is 0 Å². The van der Waals surface area contributed by atoms with Crippen LogP contribution in [-0.4, -0.2) is 26.5 Å². The number of hydrogen-bond donors (Lipinski definition) is 2. The summed E-state index contributed by atoms with van der Waals surface area (Å²) in [5, 5.41) is 14.8. The van der Waals surface area contributed by atoms with Crippen molar-refractivity contribution in [1.29, 1.82) is 0 Å². The average Bonchev–Trinajstić information content (AvgIpc) is 2.90. The maximum Gasteiger partial charge on any atom is 0.416 e. The Hall–Kier alpha value is -2.71. The second-order valence-corrected chi connectivity index (χ2v) is 4.13. The van der Waals surface area contributed by atoms with E-state index in [9.17, 15) is 18.0 Å². The summed E-state index contributed by atoms with van der Waals surface area (Å²) in [5.41, 5.74) is -0.0958. The number of benzene rings is 1. The van der Waals surface area contributed by atoms with Crippen LogP contribution in [0.15, 0.2) is 30.3 Å². The number of amides is 1. The lowest BCUT2D eigenvalue weighted by Crippen LogP contribution is -2.10. The van der Waals surface area contributed by atoms with Crippen molar-refractivity contribution in [3.05, 3.63) is 41.5 Å². The predicted molar refractivity (Wildman–Crippen MR) is 67.9 cm³/mol. The van der Waals surface area contributed by atoms with Gasteiger partial charge < -0.3 is 0 Å². The third-order valence-corrected chi connectivity index (χ3v) is 2.57. The van der Waals surface area contributed by atoms with E-state index in [0.717, 1.165) is 18.2 Å². The molecule has 2 N–H and O–H groups in total. The molecule has 1 aromatic carbocycles. The first-order chi connectivity index (χ1) is 9.86. The zero-order valence-electron chi connectivity index (χ0n) is 10.8. The topological polar surface area (TPSA) is 83.6 Å². The number of allylic oxidation sites excluding steroid dienone is 1. The standard InChI is InChI=1S/C12H10F3N5O/c1-7(5-10(21)16-11-17-19-20-18-11)8-3-2-4-9(6-8)12(13,14)15/h2-6H,1H3,(H2,16,17,18,19,20,21). The van der Waals surface area contributed by atoms with Crippen molar-refractivity contribution in [2.45, 2.75) is 13.1 Å². The summed E-state index contributed by atoms with van der Waals surface area (Å²) >= 11 is 0. The van der Waals surface area contributed by atoms with Crippen LogP contribution in [0, 0.1) is 0 Å². The maximum absolute atomic E-state index is 12.6. The molecule has 21 heavy (non-hydrogen) atoms. The van der Waals surface area contributed by atoms with Gasteiger partial charge in [0.2, 0.25) is 0 Å².